The number of H-pyrrole nitrogens is 1. The van der Waals surface area contributed by atoms with Gasteiger partial charge in [-0.25, -0.2) is 13.6 Å². The Morgan fingerprint density at radius 1 is 1.15 bits per heavy atom. The molecular weight excluding hydrogens is 270 g/mol. The number of benzene rings is 1. The van der Waals surface area contributed by atoms with Gasteiger partial charge in [0.1, 0.15) is 17.5 Å². The number of rotatable bonds is 3. The van der Waals surface area contributed by atoms with Crippen molar-refractivity contribution >= 4 is 17.8 Å². The molecular formula is C12H10F2N4O2. The lowest BCUT2D eigenvalue weighted by Gasteiger charge is -2.01. The molecule has 20 heavy (non-hydrogen) atoms. The molecule has 0 bridgehead atoms. The number of carbonyl (C=O) groups excluding carboxylic acids is 2. The van der Waals surface area contributed by atoms with Crippen molar-refractivity contribution in [3.63, 3.8) is 0 Å². The molecule has 0 spiro atoms. The molecule has 3 amide bonds. The van der Waals surface area contributed by atoms with E-state index in [9.17, 15) is 18.4 Å². The summed E-state index contributed by atoms with van der Waals surface area (Å²) in [5.74, 6) is -2.29. The number of nitrogens with one attached hydrogen (secondary N) is 2. The second kappa shape index (κ2) is 5.00. The molecule has 1 aromatic heterocycles. The van der Waals surface area contributed by atoms with Gasteiger partial charge in [0.2, 0.25) is 0 Å². The van der Waals surface area contributed by atoms with Gasteiger partial charge >= 0.3 is 6.03 Å². The summed E-state index contributed by atoms with van der Waals surface area (Å²) < 4.78 is 26.8. The number of aromatic nitrogens is 1. The van der Waals surface area contributed by atoms with E-state index in [-0.39, 0.29) is 22.6 Å². The van der Waals surface area contributed by atoms with Gasteiger partial charge in [0, 0.05) is 5.56 Å². The highest BCUT2D eigenvalue weighted by Gasteiger charge is 2.17. The fourth-order valence-corrected chi connectivity index (χ4v) is 1.72. The SMILES string of the molecule is NC(=O)Nc1[nH]c(-c2cc(F)ccc2F)cc1C(N)=O. The molecule has 2 rings (SSSR count). The first-order valence-corrected chi connectivity index (χ1v) is 5.43. The molecule has 1 aromatic carbocycles. The summed E-state index contributed by atoms with van der Waals surface area (Å²) in [6, 6.07) is 3.11. The summed E-state index contributed by atoms with van der Waals surface area (Å²) in [6.07, 6.45) is 0. The molecule has 0 fully saturated rings. The summed E-state index contributed by atoms with van der Waals surface area (Å²) in [5, 5.41) is 2.15. The minimum atomic E-state index is -0.930. The molecule has 2 aromatic rings. The van der Waals surface area contributed by atoms with Crippen LogP contribution in [0, 0.1) is 11.6 Å². The zero-order valence-corrected chi connectivity index (χ0v) is 10.0. The first-order chi connectivity index (χ1) is 9.38. The Morgan fingerprint density at radius 3 is 2.45 bits per heavy atom. The Morgan fingerprint density at radius 2 is 1.85 bits per heavy atom. The van der Waals surface area contributed by atoms with Gasteiger partial charge in [0.25, 0.3) is 5.91 Å². The van der Waals surface area contributed by atoms with Gasteiger partial charge in [0.15, 0.2) is 0 Å². The highest BCUT2D eigenvalue weighted by molar-refractivity contribution is 6.03. The van der Waals surface area contributed by atoms with Crippen molar-refractivity contribution in [3.05, 3.63) is 41.5 Å². The van der Waals surface area contributed by atoms with Gasteiger partial charge in [-0.1, -0.05) is 0 Å². The van der Waals surface area contributed by atoms with Crippen LogP contribution in [0.5, 0.6) is 0 Å². The van der Waals surface area contributed by atoms with Crippen LogP contribution in [0.3, 0.4) is 0 Å². The zero-order chi connectivity index (χ0) is 14.9. The van der Waals surface area contributed by atoms with Crippen molar-refractivity contribution in [2.24, 2.45) is 11.5 Å². The zero-order valence-electron chi connectivity index (χ0n) is 10.0. The lowest BCUT2D eigenvalue weighted by molar-refractivity contribution is 0.100. The Bertz CT molecular complexity index is 697. The molecule has 0 atom stereocenters. The van der Waals surface area contributed by atoms with E-state index in [0.717, 1.165) is 18.2 Å². The molecule has 0 saturated carbocycles. The standard InChI is InChI=1S/C12H10F2N4O2/c13-5-1-2-8(14)6(3-5)9-4-7(10(15)19)11(17-9)18-12(16)20/h1-4,17H,(H2,15,19)(H3,16,18,20). The molecule has 0 unspecified atom stereocenters. The Hall–Kier alpha value is -2.90. The van der Waals surface area contributed by atoms with Crippen LogP contribution in [0.25, 0.3) is 11.3 Å². The van der Waals surface area contributed by atoms with Crippen molar-refractivity contribution < 1.29 is 18.4 Å². The van der Waals surface area contributed by atoms with Gasteiger partial charge in [-0.2, -0.15) is 0 Å². The molecule has 6 nitrogen and oxygen atoms in total. The van der Waals surface area contributed by atoms with Crippen LogP contribution in [-0.4, -0.2) is 16.9 Å². The van der Waals surface area contributed by atoms with E-state index in [0.29, 0.717) is 0 Å². The summed E-state index contributed by atoms with van der Waals surface area (Å²) in [4.78, 5) is 24.6. The largest absolute Gasteiger partial charge is 0.365 e. The minimum Gasteiger partial charge on any atom is -0.365 e. The van der Waals surface area contributed by atoms with Crippen molar-refractivity contribution in [2.75, 3.05) is 5.32 Å². The number of anilines is 1. The predicted molar refractivity (Wildman–Crippen MR) is 67.9 cm³/mol. The number of halogens is 2. The third kappa shape index (κ3) is 2.58. The fraction of sp³-hybridized carbons (Fsp3) is 0. The number of urea groups is 1. The lowest BCUT2D eigenvalue weighted by Crippen LogP contribution is -2.22. The average molecular weight is 280 g/mol. The highest BCUT2D eigenvalue weighted by atomic mass is 19.1. The van der Waals surface area contributed by atoms with Gasteiger partial charge in [-0.3, -0.25) is 10.1 Å². The number of nitrogens with two attached hydrogens (primary N) is 2. The Labute approximate surface area is 111 Å². The molecule has 0 saturated heterocycles. The third-order valence-corrected chi connectivity index (χ3v) is 2.55. The van der Waals surface area contributed by atoms with E-state index in [1.165, 1.54) is 6.07 Å². The summed E-state index contributed by atoms with van der Waals surface area (Å²) in [7, 11) is 0. The van der Waals surface area contributed by atoms with Gasteiger partial charge in [-0.05, 0) is 24.3 Å². The quantitative estimate of drug-likeness (QED) is 0.683. The Balaban J connectivity index is 2.55. The summed E-state index contributed by atoms with van der Waals surface area (Å²) in [5.41, 5.74) is 9.95. The molecule has 0 aliphatic carbocycles. The van der Waals surface area contributed by atoms with E-state index in [1.807, 2.05) is 0 Å². The summed E-state index contributed by atoms with van der Waals surface area (Å²) >= 11 is 0. The normalized spacial score (nSPS) is 10.3. The molecule has 8 heteroatoms. The van der Waals surface area contributed by atoms with Crippen LogP contribution in [0.1, 0.15) is 10.4 Å². The highest BCUT2D eigenvalue weighted by Crippen LogP contribution is 2.27. The van der Waals surface area contributed by atoms with Crippen LogP contribution in [0.4, 0.5) is 19.4 Å². The molecule has 6 N–H and O–H groups in total. The number of carbonyl (C=O) groups is 2. The maximum absolute atomic E-state index is 13.6. The second-order valence-electron chi connectivity index (χ2n) is 3.95. The van der Waals surface area contributed by atoms with E-state index >= 15 is 0 Å². The van der Waals surface area contributed by atoms with Crippen molar-refractivity contribution in [2.45, 2.75) is 0 Å². The monoisotopic (exact) mass is 280 g/mol. The van der Waals surface area contributed by atoms with E-state index in [1.54, 1.807) is 0 Å². The van der Waals surface area contributed by atoms with Crippen LogP contribution in [0.15, 0.2) is 24.3 Å². The number of amides is 3. The number of hydrogen-bond acceptors (Lipinski definition) is 2. The maximum atomic E-state index is 13.6. The Kier molecular flexibility index (Phi) is 3.38. The van der Waals surface area contributed by atoms with Crippen LogP contribution in [0.2, 0.25) is 0 Å². The average Bonchev–Trinajstić information content (AvgIpc) is 2.75. The van der Waals surface area contributed by atoms with Crippen molar-refractivity contribution in [3.8, 4) is 11.3 Å². The predicted octanol–water partition coefficient (Wildman–Crippen LogP) is 1.55. The number of primary amides is 2. The second-order valence-corrected chi connectivity index (χ2v) is 3.95. The van der Waals surface area contributed by atoms with Crippen LogP contribution in [-0.2, 0) is 0 Å². The molecule has 0 radical (unpaired) electrons. The van der Waals surface area contributed by atoms with Crippen LogP contribution < -0.4 is 16.8 Å². The fourth-order valence-electron chi connectivity index (χ4n) is 1.72. The molecule has 1 heterocycles. The minimum absolute atomic E-state index is 0.0799. The smallest absolute Gasteiger partial charge is 0.317 e. The van der Waals surface area contributed by atoms with Gasteiger partial charge < -0.3 is 16.5 Å². The lowest BCUT2D eigenvalue weighted by atomic mass is 10.1. The van der Waals surface area contributed by atoms with Crippen LogP contribution >= 0.6 is 0 Å². The van der Waals surface area contributed by atoms with E-state index in [4.69, 9.17) is 11.5 Å². The number of hydrogen-bond donors (Lipinski definition) is 4. The summed E-state index contributed by atoms with van der Waals surface area (Å²) in [6.45, 7) is 0. The topological polar surface area (TPSA) is 114 Å². The molecule has 0 aliphatic rings. The maximum Gasteiger partial charge on any atom is 0.317 e. The van der Waals surface area contributed by atoms with Gasteiger partial charge in [-0.15, -0.1) is 0 Å². The van der Waals surface area contributed by atoms with E-state index in [2.05, 4.69) is 10.3 Å². The molecule has 104 valence electrons. The first-order valence-electron chi connectivity index (χ1n) is 5.43. The van der Waals surface area contributed by atoms with Crippen molar-refractivity contribution in [1.29, 1.82) is 0 Å². The third-order valence-electron chi connectivity index (χ3n) is 2.55. The van der Waals surface area contributed by atoms with E-state index < -0.39 is 23.6 Å². The van der Waals surface area contributed by atoms with Gasteiger partial charge in [0.05, 0.1) is 11.3 Å². The number of aromatic amines is 1. The van der Waals surface area contributed by atoms with Crippen molar-refractivity contribution in [1.82, 2.24) is 4.98 Å². The first kappa shape index (κ1) is 13.5. The molecule has 0 aliphatic heterocycles.